The number of hydrogen-bond donors (Lipinski definition) is 1. The van der Waals surface area contributed by atoms with Gasteiger partial charge < -0.3 is 14.4 Å². The van der Waals surface area contributed by atoms with Crippen LogP contribution in [0.1, 0.15) is 12.5 Å². The molecule has 0 radical (unpaired) electrons. The van der Waals surface area contributed by atoms with Crippen LogP contribution in [0.2, 0.25) is 0 Å². The van der Waals surface area contributed by atoms with Crippen LogP contribution < -0.4 is 14.6 Å². The zero-order valence-electron chi connectivity index (χ0n) is 13.9. The van der Waals surface area contributed by atoms with Crippen LogP contribution in [-0.4, -0.2) is 24.8 Å². The molecule has 0 saturated carbocycles. The minimum atomic E-state index is -3.57. The molecule has 0 bridgehead atoms. The van der Waals surface area contributed by atoms with Crippen molar-refractivity contribution in [3.05, 3.63) is 60.2 Å². The van der Waals surface area contributed by atoms with Crippen molar-refractivity contribution in [1.29, 1.82) is 0 Å². The van der Waals surface area contributed by atoms with Crippen molar-refractivity contribution < 1.29 is 28.3 Å². The molecule has 0 aliphatic rings. The van der Waals surface area contributed by atoms with E-state index >= 15 is 0 Å². The first-order valence-electron chi connectivity index (χ1n) is 7.57. The van der Waals surface area contributed by atoms with Crippen molar-refractivity contribution >= 4 is 24.9 Å². The van der Waals surface area contributed by atoms with Crippen molar-refractivity contribution in [1.82, 2.24) is 0 Å². The standard InChI is InChI=1S/C18H19O6P/c1-3-23-25(21,15-7-5-4-6-8-15)24-16-11-9-14(10-12-18(19)20)13-17(16)22-2/h4-13H,3H2,1-2H3,(H,19,20). The van der Waals surface area contributed by atoms with Crippen LogP contribution in [0.3, 0.4) is 0 Å². The molecule has 2 aromatic carbocycles. The summed E-state index contributed by atoms with van der Waals surface area (Å²) in [5.41, 5.74) is 0.609. The number of ether oxygens (including phenoxy) is 1. The van der Waals surface area contributed by atoms with Crippen LogP contribution in [0.4, 0.5) is 0 Å². The van der Waals surface area contributed by atoms with E-state index in [9.17, 15) is 9.36 Å². The molecular formula is C18H19O6P. The predicted molar refractivity (Wildman–Crippen MR) is 95.6 cm³/mol. The topological polar surface area (TPSA) is 82.1 Å². The molecule has 0 aliphatic heterocycles. The Morgan fingerprint density at radius 2 is 1.88 bits per heavy atom. The van der Waals surface area contributed by atoms with E-state index in [0.29, 0.717) is 16.6 Å². The number of methoxy groups -OCH3 is 1. The van der Waals surface area contributed by atoms with E-state index in [2.05, 4.69) is 0 Å². The van der Waals surface area contributed by atoms with Gasteiger partial charge in [-0.2, -0.15) is 0 Å². The molecule has 0 fully saturated rings. The summed E-state index contributed by atoms with van der Waals surface area (Å²) in [6.45, 7) is 1.95. The molecule has 1 unspecified atom stereocenters. The van der Waals surface area contributed by atoms with Crippen LogP contribution in [0.15, 0.2) is 54.6 Å². The Kier molecular flexibility index (Phi) is 6.39. The van der Waals surface area contributed by atoms with Gasteiger partial charge in [0.05, 0.1) is 19.0 Å². The van der Waals surface area contributed by atoms with Crippen molar-refractivity contribution in [2.24, 2.45) is 0 Å². The minimum absolute atomic E-state index is 0.216. The fraction of sp³-hybridized carbons (Fsp3) is 0.167. The molecule has 0 saturated heterocycles. The lowest BCUT2D eigenvalue weighted by Gasteiger charge is -2.20. The number of carboxylic acid groups (broad SMARTS) is 1. The highest BCUT2D eigenvalue weighted by atomic mass is 31.2. The molecule has 2 aromatic rings. The largest absolute Gasteiger partial charge is 0.493 e. The first kappa shape index (κ1) is 18.8. The number of hydrogen-bond acceptors (Lipinski definition) is 5. The van der Waals surface area contributed by atoms with E-state index in [1.54, 1.807) is 49.4 Å². The molecule has 1 atom stereocenters. The van der Waals surface area contributed by atoms with Gasteiger partial charge in [0.25, 0.3) is 0 Å². The third-order valence-corrected chi connectivity index (χ3v) is 5.16. The number of rotatable bonds is 8. The average molecular weight is 362 g/mol. The van der Waals surface area contributed by atoms with Crippen LogP contribution in [0.5, 0.6) is 11.5 Å². The monoisotopic (exact) mass is 362 g/mol. The Bertz CT molecular complexity index is 800. The van der Waals surface area contributed by atoms with Crippen molar-refractivity contribution in [2.75, 3.05) is 13.7 Å². The first-order valence-corrected chi connectivity index (χ1v) is 9.11. The van der Waals surface area contributed by atoms with Gasteiger partial charge in [-0.05, 0) is 42.8 Å². The van der Waals surface area contributed by atoms with E-state index in [-0.39, 0.29) is 12.4 Å². The summed E-state index contributed by atoms with van der Waals surface area (Å²) in [5, 5.41) is 9.14. The summed E-state index contributed by atoms with van der Waals surface area (Å²) in [5.74, 6) is -0.483. The molecule has 1 N–H and O–H groups in total. The Morgan fingerprint density at radius 1 is 1.16 bits per heavy atom. The van der Waals surface area contributed by atoms with Gasteiger partial charge in [-0.25, -0.2) is 9.36 Å². The Morgan fingerprint density at radius 3 is 2.48 bits per heavy atom. The molecule has 0 aliphatic carbocycles. The van der Waals surface area contributed by atoms with Gasteiger partial charge >= 0.3 is 13.6 Å². The van der Waals surface area contributed by atoms with E-state index in [0.717, 1.165) is 6.08 Å². The van der Waals surface area contributed by atoms with Gasteiger partial charge in [-0.1, -0.05) is 24.3 Å². The predicted octanol–water partition coefficient (Wildman–Crippen LogP) is 3.73. The number of carboxylic acids is 1. The highest BCUT2D eigenvalue weighted by Crippen LogP contribution is 2.49. The van der Waals surface area contributed by atoms with E-state index < -0.39 is 13.6 Å². The maximum atomic E-state index is 13.2. The lowest BCUT2D eigenvalue weighted by atomic mass is 10.2. The van der Waals surface area contributed by atoms with E-state index in [1.165, 1.54) is 13.2 Å². The van der Waals surface area contributed by atoms with Crippen LogP contribution >= 0.6 is 7.60 Å². The molecule has 132 valence electrons. The van der Waals surface area contributed by atoms with E-state index in [4.69, 9.17) is 18.9 Å². The molecule has 2 rings (SSSR count). The minimum Gasteiger partial charge on any atom is -0.493 e. The highest BCUT2D eigenvalue weighted by molar-refractivity contribution is 7.62. The number of carbonyl (C=O) groups is 1. The molecule has 25 heavy (non-hydrogen) atoms. The lowest BCUT2D eigenvalue weighted by Crippen LogP contribution is -2.12. The second-order valence-electron chi connectivity index (χ2n) is 4.92. The van der Waals surface area contributed by atoms with Crippen LogP contribution in [0, 0.1) is 0 Å². The van der Waals surface area contributed by atoms with Crippen molar-refractivity contribution in [2.45, 2.75) is 6.92 Å². The number of aliphatic carboxylic acids is 1. The van der Waals surface area contributed by atoms with Gasteiger partial charge in [-0.3, -0.25) is 4.52 Å². The summed E-state index contributed by atoms with van der Waals surface area (Å²) < 4.78 is 29.5. The summed E-state index contributed by atoms with van der Waals surface area (Å²) >= 11 is 0. The highest BCUT2D eigenvalue weighted by Gasteiger charge is 2.29. The van der Waals surface area contributed by atoms with Gasteiger partial charge in [0, 0.05) is 6.08 Å². The lowest BCUT2D eigenvalue weighted by molar-refractivity contribution is -0.131. The molecular weight excluding hydrogens is 343 g/mol. The van der Waals surface area contributed by atoms with Gasteiger partial charge in [0.15, 0.2) is 11.5 Å². The average Bonchev–Trinajstić information content (AvgIpc) is 2.61. The molecule has 0 spiro atoms. The zero-order chi connectivity index (χ0) is 18.3. The van der Waals surface area contributed by atoms with Gasteiger partial charge in [0.1, 0.15) is 0 Å². The van der Waals surface area contributed by atoms with Crippen molar-refractivity contribution in [3.63, 3.8) is 0 Å². The molecule has 0 amide bonds. The maximum absolute atomic E-state index is 13.2. The van der Waals surface area contributed by atoms with Crippen LogP contribution in [0.25, 0.3) is 6.08 Å². The van der Waals surface area contributed by atoms with E-state index in [1.807, 2.05) is 6.07 Å². The third kappa shape index (κ3) is 4.95. The number of benzene rings is 2. The SMILES string of the molecule is CCOP(=O)(Oc1ccc(C=CC(=O)O)cc1OC)c1ccccc1. The van der Waals surface area contributed by atoms with Crippen LogP contribution in [-0.2, 0) is 13.9 Å². The molecule has 0 heterocycles. The second kappa shape index (κ2) is 8.51. The molecule has 6 nitrogen and oxygen atoms in total. The second-order valence-corrected chi connectivity index (χ2v) is 6.88. The summed E-state index contributed by atoms with van der Waals surface area (Å²) in [4.78, 5) is 10.6. The fourth-order valence-corrected chi connectivity index (χ4v) is 3.69. The third-order valence-electron chi connectivity index (χ3n) is 3.20. The zero-order valence-corrected chi connectivity index (χ0v) is 14.8. The van der Waals surface area contributed by atoms with Gasteiger partial charge in [0.2, 0.25) is 0 Å². The Hall–Kier alpha value is -2.56. The first-order chi connectivity index (χ1) is 12.0. The molecule has 7 heteroatoms. The quantitative estimate of drug-likeness (QED) is 0.569. The maximum Gasteiger partial charge on any atom is 0.410 e. The Balaban J connectivity index is 2.36. The fourth-order valence-electron chi connectivity index (χ4n) is 2.09. The summed E-state index contributed by atoms with van der Waals surface area (Å²) in [7, 11) is -2.13. The normalized spacial score (nSPS) is 13.4. The van der Waals surface area contributed by atoms with Crippen molar-refractivity contribution in [3.8, 4) is 11.5 Å². The Labute approximate surface area is 146 Å². The summed E-state index contributed by atoms with van der Waals surface area (Å²) in [6, 6.07) is 13.5. The molecule has 0 aromatic heterocycles. The smallest absolute Gasteiger partial charge is 0.410 e. The van der Waals surface area contributed by atoms with Gasteiger partial charge in [-0.15, -0.1) is 0 Å². The summed E-state index contributed by atoms with van der Waals surface area (Å²) in [6.07, 6.45) is 2.44.